The largest absolute Gasteiger partial charge is 0.493 e. The molecule has 3 aromatic carbocycles. The summed E-state index contributed by atoms with van der Waals surface area (Å²) in [6.07, 6.45) is 1.52. The molecule has 32 heavy (non-hydrogen) atoms. The third-order valence-electron chi connectivity index (χ3n) is 4.71. The van der Waals surface area contributed by atoms with Crippen LogP contribution in [0.5, 0.6) is 11.5 Å². The van der Waals surface area contributed by atoms with E-state index in [1.807, 2.05) is 6.07 Å². The fourth-order valence-electron chi connectivity index (χ4n) is 3.09. The molecule has 0 unspecified atom stereocenters. The van der Waals surface area contributed by atoms with Gasteiger partial charge in [0.25, 0.3) is 5.56 Å². The Morgan fingerprint density at radius 3 is 2.56 bits per heavy atom. The maximum absolute atomic E-state index is 12.7. The Kier molecular flexibility index (Phi) is 6.13. The number of carbonyl (C=O) groups is 1. The van der Waals surface area contributed by atoms with Crippen LogP contribution in [-0.4, -0.2) is 29.0 Å². The molecule has 160 valence electrons. The number of ether oxygens (including phenoxy) is 2. The second-order valence-electron chi connectivity index (χ2n) is 6.84. The Hall–Kier alpha value is -3.78. The summed E-state index contributed by atoms with van der Waals surface area (Å²) in [7, 11) is 1.48. The molecule has 4 rings (SSSR count). The summed E-state index contributed by atoms with van der Waals surface area (Å²) in [5.41, 5.74) is 1.45. The molecule has 0 N–H and O–H groups in total. The average molecular weight is 492 g/mol. The molecule has 0 fully saturated rings. The van der Waals surface area contributed by atoms with E-state index >= 15 is 0 Å². The van der Waals surface area contributed by atoms with Crippen molar-refractivity contribution in [1.82, 2.24) is 9.66 Å². The first-order valence-electron chi connectivity index (χ1n) is 9.65. The summed E-state index contributed by atoms with van der Waals surface area (Å²) in [4.78, 5) is 29.6. The number of benzene rings is 3. The van der Waals surface area contributed by atoms with Crippen LogP contribution in [0.1, 0.15) is 21.7 Å². The van der Waals surface area contributed by atoms with Gasteiger partial charge in [0.15, 0.2) is 11.5 Å². The number of halogens is 1. The SMILES string of the molecule is COc1cc(C=Nn2c(C)nc3ccccc3c2=O)ccc1OC(=O)c1ccc(Br)cc1. The van der Waals surface area contributed by atoms with Crippen LogP contribution in [0.25, 0.3) is 10.9 Å². The zero-order valence-corrected chi connectivity index (χ0v) is 18.9. The van der Waals surface area contributed by atoms with E-state index in [9.17, 15) is 9.59 Å². The molecule has 0 saturated heterocycles. The van der Waals surface area contributed by atoms with Crippen molar-refractivity contribution in [2.75, 3.05) is 7.11 Å². The van der Waals surface area contributed by atoms with Crippen molar-refractivity contribution in [3.05, 3.63) is 98.5 Å². The minimum Gasteiger partial charge on any atom is -0.493 e. The van der Waals surface area contributed by atoms with Gasteiger partial charge in [0, 0.05) is 4.47 Å². The molecule has 0 aliphatic rings. The van der Waals surface area contributed by atoms with Crippen LogP contribution in [0.15, 0.2) is 81.1 Å². The van der Waals surface area contributed by atoms with Gasteiger partial charge in [-0.3, -0.25) is 4.79 Å². The van der Waals surface area contributed by atoms with Crippen molar-refractivity contribution >= 4 is 39.0 Å². The lowest BCUT2D eigenvalue weighted by atomic mass is 10.2. The van der Waals surface area contributed by atoms with Gasteiger partial charge in [-0.1, -0.05) is 28.1 Å². The molecular weight excluding hydrogens is 474 g/mol. The minimum absolute atomic E-state index is 0.253. The quantitative estimate of drug-likeness (QED) is 0.232. The number of hydrogen-bond acceptors (Lipinski definition) is 6. The summed E-state index contributed by atoms with van der Waals surface area (Å²) < 4.78 is 13.0. The zero-order valence-electron chi connectivity index (χ0n) is 17.3. The highest BCUT2D eigenvalue weighted by Gasteiger charge is 2.13. The number of nitrogens with zero attached hydrogens (tertiary/aromatic N) is 3. The smallest absolute Gasteiger partial charge is 0.343 e. The number of esters is 1. The van der Waals surface area contributed by atoms with Gasteiger partial charge in [0.1, 0.15) is 5.82 Å². The van der Waals surface area contributed by atoms with Gasteiger partial charge in [0.05, 0.1) is 29.8 Å². The molecule has 0 aliphatic carbocycles. The molecule has 0 radical (unpaired) electrons. The molecule has 0 aliphatic heterocycles. The van der Waals surface area contributed by atoms with Gasteiger partial charge < -0.3 is 9.47 Å². The van der Waals surface area contributed by atoms with Crippen LogP contribution in [0.2, 0.25) is 0 Å². The predicted octanol–water partition coefficient (Wildman–Crippen LogP) is 4.58. The van der Waals surface area contributed by atoms with E-state index in [2.05, 4.69) is 26.0 Å². The number of rotatable bonds is 5. The van der Waals surface area contributed by atoms with Gasteiger partial charge >= 0.3 is 5.97 Å². The molecule has 0 atom stereocenters. The first kappa shape index (κ1) is 21.5. The molecular formula is C24H18BrN3O4. The standard InChI is InChI=1S/C24H18BrN3O4/c1-15-27-20-6-4-3-5-19(20)23(29)28(15)26-14-16-7-12-21(22(13-16)31-2)32-24(30)17-8-10-18(25)11-9-17/h3-14H,1-2H3. The number of fused-ring (bicyclic) bond motifs is 1. The number of aromatic nitrogens is 2. The molecule has 0 spiro atoms. The lowest BCUT2D eigenvalue weighted by Gasteiger charge is -2.10. The van der Waals surface area contributed by atoms with Crippen LogP contribution in [-0.2, 0) is 0 Å². The van der Waals surface area contributed by atoms with Crippen LogP contribution in [0.4, 0.5) is 0 Å². The fraction of sp³-hybridized carbons (Fsp3) is 0.0833. The van der Waals surface area contributed by atoms with Gasteiger partial charge in [-0.25, -0.2) is 9.78 Å². The van der Waals surface area contributed by atoms with Gasteiger partial charge in [-0.2, -0.15) is 9.78 Å². The second-order valence-corrected chi connectivity index (χ2v) is 7.76. The van der Waals surface area contributed by atoms with E-state index in [1.54, 1.807) is 67.6 Å². The maximum atomic E-state index is 12.7. The highest BCUT2D eigenvalue weighted by Crippen LogP contribution is 2.28. The molecule has 1 aromatic heterocycles. The lowest BCUT2D eigenvalue weighted by molar-refractivity contribution is 0.0729. The molecule has 1 heterocycles. The van der Waals surface area contributed by atoms with Crippen molar-refractivity contribution < 1.29 is 14.3 Å². The molecule has 8 heteroatoms. The molecule has 4 aromatic rings. The van der Waals surface area contributed by atoms with E-state index < -0.39 is 5.97 Å². The summed E-state index contributed by atoms with van der Waals surface area (Å²) in [5.74, 6) is 0.608. The number of para-hydroxylation sites is 1. The summed E-state index contributed by atoms with van der Waals surface area (Å²) in [6.45, 7) is 1.72. The number of aryl methyl sites for hydroxylation is 1. The van der Waals surface area contributed by atoms with Crippen LogP contribution < -0.4 is 15.0 Å². The lowest BCUT2D eigenvalue weighted by Crippen LogP contribution is -2.20. The first-order chi connectivity index (χ1) is 15.5. The van der Waals surface area contributed by atoms with E-state index in [0.29, 0.717) is 33.6 Å². The van der Waals surface area contributed by atoms with E-state index in [-0.39, 0.29) is 11.3 Å². The first-order valence-corrected chi connectivity index (χ1v) is 10.4. The summed E-state index contributed by atoms with van der Waals surface area (Å²) >= 11 is 3.33. The highest BCUT2D eigenvalue weighted by atomic mass is 79.9. The van der Waals surface area contributed by atoms with Crippen LogP contribution >= 0.6 is 15.9 Å². The number of methoxy groups -OCH3 is 1. The van der Waals surface area contributed by atoms with E-state index in [0.717, 1.165) is 4.47 Å². The zero-order chi connectivity index (χ0) is 22.7. The van der Waals surface area contributed by atoms with Gasteiger partial charge in [0.2, 0.25) is 0 Å². The van der Waals surface area contributed by atoms with Crippen molar-refractivity contribution in [3.8, 4) is 11.5 Å². The van der Waals surface area contributed by atoms with Crippen molar-refractivity contribution in [1.29, 1.82) is 0 Å². The van der Waals surface area contributed by atoms with Crippen LogP contribution in [0, 0.1) is 6.92 Å². The van der Waals surface area contributed by atoms with Crippen molar-refractivity contribution in [3.63, 3.8) is 0 Å². The van der Waals surface area contributed by atoms with Crippen molar-refractivity contribution in [2.45, 2.75) is 6.92 Å². The Morgan fingerprint density at radius 2 is 1.81 bits per heavy atom. The highest BCUT2D eigenvalue weighted by molar-refractivity contribution is 9.10. The molecule has 0 saturated carbocycles. The van der Waals surface area contributed by atoms with E-state index in [1.165, 1.54) is 18.0 Å². The Morgan fingerprint density at radius 1 is 1.06 bits per heavy atom. The van der Waals surface area contributed by atoms with Gasteiger partial charge in [-0.05, 0) is 67.1 Å². The normalized spacial score (nSPS) is 11.1. The monoisotopic (exact) mass is 491 g/mol. The maximum Gasteiger partial charge on any atom is 0.343 e. The minimum atomic E-state index is -0.498. The molecule has 0 amide bonds. The van der Waals surface area contributed by atoms with Gasteiger partial charge in [-0.15, -0.1) is 0 Å². The van der Waals surface area contributed by atoms with Crippen LogP contribution in [0.3, 0.4) is 0 Å². The summed E-state index contributed by atoms with van der Waals surface area (Å²) in [5, 5.41) is 4.79. The fourth-order valence-corrected chi connectivity index (χ4v) is 3.35. The Bertz CT molecular complexity index is 1400. The predicted molar refractivity (Wildman–Crippen MR) is 126 cm³/mol. The Balaban J connectivity index is 1.60. The third-order valence-corrected chi connectivity index (χ3v) is 5.24. The summed E-state index contributed by atoms with van der Waals surface area (Å²) in [6, 6.07) is 19.0. The topological polar surface area (TPSA) is 82.8 Å². The number of carbonyl (C=O) groups excluding carboxylic acids is 1. The van der Waals surface area contributed by atoms with Crippen molar-refractivity contribution in [2.24, 2.45) is 5.10 Å². The van der Waals surface area contributed by atoms with E-state index in [4.69, 9.17) is 9.47 Å². The second kappa shape index (κ2) is 9.15. The number of hydrogen-bond donors (Lipinski definition) is 0. The third kappa shape index (κ3) is 4.45. The molecule has 0 bridgehead atoms. The molecule has 7 nitrogen and oxygen atoms in total. The Labute approximate surface area is 192 Å². The average Bonchev–Trinajstić information content (AvgIpc) is 2.80.